The van der Waals surface area contributed by atoms with Crippen molar-refractivity contribution in [3.8, 4) is 0 Å². The number of esters is 1. The second-order valence-electron chi connectivity index (χ2n) is 3.95. The average molecular weight is 221 g/mol. The Labute approximate surface area is 88.2 Å². The number of ether oxygens (including phenoxy) is 1. The molecule has 14 heavy (non-hydrogen) atoms. The first-order chi connectivity index (χ1) is 6.29. The second-order valence-corrected chi connectivity index (χ2v) is 6.30. The van der Waals surface area contributed by atoms with Gasteiger partial charge in [-0.2, -0.15) is 0 Å². The lowest BCUT2D eigenvalue weighted by Crippen LogP contribution is -2.38. The van der Waals surface area contributed by atoms with Gasteiger partial charge in [-0.05, 0) is 27.7 Å². The highest BCUT2D eigenvalue weighted by atomic mass is 32.2. The average Bonchev–Trinajstić information content (AvgIpc) is 2.01. The van der Waals surface area contributed by atoms with E-state index in [1.54, 1.807) is 14.0 Å². The minimum Gasteiger partial charge on any atom is -0.465 e. The zero-order valence-corrected chi connectivity index (χ0v) is 10.3. The molecule has 0 heterocycles. The van der Waals surface area contributed by atoms with E-state index in [1.807, 2.05) is 20.8 Å². The molecule has 0 aromatic heterocycles. The molecule has 0 aromatic carbocycles. The summed E-state index contributed by atoms with van der Waals surface area (Å²) in [5.74, 6) is -0.340. The molecular weight excluding hydrogens is 202 g/mol. The molecule has 0 N–H and O–H groups in total. The highest BCUT2D eigenvalue weighted by molar-refractivity contribution is 7.84. The summed E-state index contributed by atoms with van der Waals surface area (Å²) >= 11 is 0. The predicted molar refractivity (Wildman–Crippen MR) is 57.2 cm³/mol. The van der Waals surface area contributed by atoms with Gasteiger partial charge in [0.2, 0.25) is 0 Å². The Hall–Kier alpha value is -0.420. The molecule has 0 saturated carbocycles. The van der Waals surface area contributed by atoms with Crippen molar-refractivity contribution in [2.75, 3.05) is 20.2 Å². The van der Waals surface area contributed by atoms with Crippen molar-refractivity contribution < 1.29 is 13.7 Å². The number of hydrogen-bond donors (Lipinski definition) is 0. The Morgan fingerprint density at radius 3 is 2.29 bits per heavy atom. The second kappa shape index (κ2) is 5.46. The van der Waals surface area contributed by atoms with E-state index in [2.05, 4.69) is 0 Å². The molecule has 0 amide bonds. The summed E-state index contributed by atoms with van der Waals surface area (Å²) in [5.41, 5.74) is 0. The maximum atomic E-state index is 11.7. The highest BCUT2D eigenvalue weighted by Gasteiger charge is 2.25. The molecule has 0 fully saturated rings. The van der Waals surface area contributed by atoms with Crippen LogP contribution in [-0.4, -0.2) is 39.4 Å². The van der Waals surface area contributed by atoms with Gasteiger partial charge in [0.15, 0.2) is 0 Å². The number of carbonyl (C=O) groups excluding carboxylic acids is 1. The summed E-state index contributed by atoms with van der Waals surface area (Å²) in [6, 6.07) is 0. The van der Waals surface area contributed by atoms with E-state index in [1.165, 1.54) is 4.31 Å². The number of hydrogen-bond acceptors (Lipinski definition) is 3. The van der Waals surface area contributed by atoms with Crippen LogP contribution in [0.3, 0.4) is 0 Å². The monoisotopic (exact) mass is 221 g/mol. The third-order valence-corrected chi connectivity index (χ3v) is 3.21. The van der Waals surface area contributed by atoms with Crippen LogP contribution < -0.4 is 0 Å². The van der Waals surface area contributed by atoms with Crippen LogP contribution in [0.2, 0.25) is 0 Å². The van der Waals surface area contributed by atoms with Crippen molar-refractivity contribution in [3.05, 3.63) is 0 Å². The van der Waals surface area contributed by atoms with Gasteiger partial charge in [0.25, 0.3) is 0 Å². The molecule has 0 bridgehead atoms. The molecule has 0 radical (unpaired) electrons. The Balaban J connectivity index is 4.15. The molecule has 4 nitrogen and oxygen atoms in total. The van der Waals surface area contributed by atoms with Crippen LogP contribution in [0.25, 0.3) is 0 Å². The van der Waals surface area contributed by atoms with E-state index < -0.39 is 11.0 Å². The quantitative estimate of drug-likeness (QED) is 0.664. The van der Waals surface area contributed by atoms with Crippen molar-refractivity contribution in [3.63, 3.8) is 0 Å². The third-order valence-electron chi connectivity index (χ3n) is 1.46. The first-order valence-electron chi connectivity index (χ1n) is 4.57. The van der Waals surface area contributed by atoms with E-state index in [0.29, 0.717) is 6.61 Å². The van der Waals surface area contributed by atoms with E-state index in [9.17, 15) is 9.00 Å². The number of carbonyl (C=O) groups is 1. The lowest BCUT2D eigenvalue weighted by molar-refractivity contribution is -0.143. The van der Waals surface area contributed by atoms with Crippen molar-refractivity contribution in [1.29, 1.82) is 0 Å². The van der Waals surface area contributed by atoms with E-state index in [4.69, 9.17) is 4.74 Å². The fourth-order valence-electron chi connectivity index (χ4n) is 0.915. The normalized spacial score (nSPS) is 14.1. The first kappa shape index (κ1) is 13.6. The summed E-state index contributed by atoms with van der Waals surface area (Å²) in [6.07, 6.45) is 0. The van der Waals surface area contributed by atoms with Crippen LogP contribution in [0, 0.1) is 0 Å². The van der Waals surface area contributed by atoms with Crippen LogP contribution in [0.15, 0.2) is 0 Å². The third kappa shape index (κ3) is 4.72. The Morgan fingerprint density at radius 1 is 1.43 bits per heavy atom. The van der Waals surface area contributed by atoms with Crippen molar-refractivity contribution in [2.24, 2.45) is 0 Å². The van der Waals surface area contributed by atoms with Gasteiger partial charge in [0.1, 0.15) is 6.54 Å². The zero-order valence-electron chi connectivity index (χ0n) is 9.49. The summed E-state index contributed by atoms with van der Waals surface area (Å²) in [7, 11) is 0.477. The van der Waals surface area contributed by atoms with Gasteiger partial charge in [-0.25, -0.2) is 8.51 Å². The SMILES string of the molecule is CCOC(=O)CN(C)[S@](=O)C(C)(C)C. The topological polar surface area (TPSA) is 46.6 Å². The molecule has 0 unspecified atom stereocenters. The van der Waals surface area contributed by atoms with Gasteiger partial charge in [-0.15, -0.1) is 0 Å². The number of rotatable bonds is 4. The fourth-order valence-corrected chi connectivity index (χ4v) is 2.07. The van der Waals surface area contributed by atoms with Gasteiger partial charge in [-0.3, -0.25) is 4.79 Å². The van der Waals surface area contributed by atoms with Crippen LogP contribution in [0.1, 0.15) is 27.7 Å². The maximum Gasteiger partial charge on any atom is 0.321 e. The Morgan fingerprint density at radius 2 is 1.93 bits per heavy atom. The summed E-state index contributed by atoms with van der Waals surface area (Å²) in [5, 5.41) is 0. The van der Waals surface area contributed by atoms with Crippen LogP contribution in [-0.2, 0) is 20.5 Å². The molecule has 0 aromatic rings. The minimum atomic E-state index is -1.17. The van der Waals surface area contributed by atoms with Crippen molar-refractivity contribution >= 4 is 17.0 Å². The predicted octanol–water partition coefficient (Wildman–Crippen LogP) is 0.944. The van der Waals surface area contributed by atoms with Crippen molar-refractivity contribution in [1.82, 2.24) is 4.31 Å². The molecular formula is C9H19NO3S. The largest absolute Gasteiger partial charge is 0.465 e. The zero-order chi connectivity index (χ0) is 11.4. The van der Waals surface area contributed by atoms with Crippen LogP contribution >= 0.6 is 0 Å². The van der Waals surface area contributed by atoms with E-state index in [-0.39, 0.29) is 17.3 Å². The maximum absolute atomic E-state index is 11.7. The molecule has 0 saturated heterocycles. The van der Waals surface area contributed by atoms with E-state index in [0.717, 1.165) is 0 Å². The van der Waals surface area contributed by atoms with Gasteiger partial charge in [-0.1, -0.05) is 0 Å². The first-order valence-corrected chi connectivity index (χ1v) is 5.68. The summed E-state index contributed by atoms with van der Waals surface area (Å²) in [4.78, 5) is 11.1. The molecule has 84 valence electrons. The Bertz CT molecular complexity index is 223. The molecule has 0 spiro atoms. The molecule has 0 aliphatic carbocycles. The van der Waals surface area contributed by atoms with Crippen LogP contribution in [0.5, 0.6) is 0 Å². The fraction of sp³-hybridized carbons (Fsp3) is 0.889. The molecule has 5 heteroatoms. The van der Waals surface area contributed by atoms with Gasteiger partial charge in [0, 0.05) is 7.05 Å². The van der Waals surface area contributed by atoms with Gasteiger partial charge in [0.05, 0.1) is 22.3 Å². The summed E-state index contributed by atoms with van der Waals surface area (Å²) in [6.45, 7) is 7.77. The van der Waals surface area contributed by atoms with Gasteiger partial charge >= 0.3 is 5.97 Å². The molecule has 1 atom stereocenters. The highest BCUT2D eigenvalue weighted by Crippen LogP contribution is 2.13. The van der Waals surface area contributed by atoms with Crippen LogP contribution in [0.4, 0.5) is 0 Å². The number of nitrogens with zero attached hydrogens (tertiary/aromatic N) is 1. The smallest absolute Gasteiger partial charge is 0.321 e. The molecule has 0 aliphatic heterocycles. The lowest BCUT2D eigenvalue weighted by Gasteiger charge is -2.24. The molecule has 0 rings (SSSR count). The summed E-state index contributed by atoms with van der Waals surface area (Å²) < 4.78 is 17.6. The Kier molecular flexibility index (Phi) is 5.29. The molecule has 0 aliphatic rings. The standard InChI is InChI=1S/C9H19NO3S/c1-6-13-8(11)7-10(5)14(12)9(2,3)4/h6-7H2,1-5H3/t14-/m1/s1. The lowest BCUT2D eigenvalue weighted by atomic mass is 10.3. The van der Waals surface area contributed by atoms with Gasteiger partial charge < -0.3 is 4.74 Å². The minimum absolute atomic E-state index is 0.0672. The van der Waals surface area contributed by atoms with Crippen molar-refractivity contribution in [2.45, 2.75) is 32.4 Å². The number of likely N-dealkylation sites (N-methyl/N-ethyl adjacent to an activating group) is 1. The van der Waals surface area contributed by atoms with E-state index >= 15 is 0 Å².